The Morgan fingerprint density at radius 2 is 2.12 bits per heavy atom. The summed E-state index contributed by atoms with van der Waals surface area (Å²) in [6, 6.07) is 7.73. The van der Waals surface area contributed by atoms with E-state index in [1.807, 2.05) is 13.8 Å². The van der Waals surface area contributed by atoms with Crippen molar-refractivity contribution in [2.45, 2.75) is 42.9 Å². The summed E-state index contributed by atoms with van der Waals surface area (Å²) < 4.78 is 29.8. The Bertz CT molecular complexity index is 763. The Labute approximate surface area is 160 Å². The summed E-state index contributed by atoms with van der Waals surface area (Å²) in [5.41, 5.74) is 6.98. The molecule has 1 aromatic carbocycles. The molecule has 0 radical (unpaired) electrons. The molecule has 2 heterocycles. The third-order valence-electron chi connectivity index (χ3n) is 3.59. The van der Waals surface area contributed by atoms with Gasteiger partial charge in [-0.2, -0.15) is 4.98 Å². The Morgan fingerprint density at radius 1 is 1.38 bits per heavy atom. The summed E-state index contributed by atoms with van der Waals surface area (Å²) in [5.74, 6) is -0.137. The molecule has 2 atom stereocenters. The maximum Gasteiger partial charge on any atom is 0.220 e. The summed E-state index contributed by atoms with van der Waals surface area (Å²) >= 11 is 7.41. The Morgan fingerprint density at radius 3 is 2.77 bits per heavy atom. The van der Waals surface area contributed by atoms with Crippen LogP contribution in [0.5, 0.6) is 5.88 Å². The van der Waals surface area contributed by atoms with Gasteiger partial charge in [-0.25, -0.2) is 9.37 Å². The van der Waals surface area contributed by atoms with E-state index in [1.54, 1.807) is 12.1 Å². The molecule has 140 valence electrons. The first-order valence-corrected chi connectivity index (χ1v) is 9.33. The average molecular weight is 400 g/mol. The van der Waals surface area contributed by atoms with E-state index in [1.165, 1.54) is 30.0 Å². The molecule has 0 amide bonds. The molecule has 9 heteroatoms. The van der Waals surface area contributed by atoms with Crippen molar-refractivity contribution in [3.8, 4) is 5.88 Å². The zero-order chi connectivity index (χ0) is 18.7. The van der Waals surface area contributed by atoms with Gasteiger partial charge in [0, 0.05) is 11.8 Å². The van der Waals surface area contributed by atoms with Crippen LogP contribution >= 0.6 is 23.4 Å². The molecule has 6 nitrogen and oxygen atoms in total. The third-order valence-corrected chi connectivity index (χ3v) is 4.70. The topological polar surface area (TPSA) is 79.5 Å². The summed E-state index contributed by atoms with van der Waals surface area (Å²) in [6.07, 6.45) is -1.16. The first kappa shape index (κ1) is 19.3. The highest BCUT2D eigenvalue weighted by molar-refractivity contribution is 7.98. The van der Waals surface area contributed by atoms with Gasteiger partial charge in [-0.15, -0.1) is 0 Å². The average Bonchev–Trinajstić information content (AvgIpc) is 2.94. The minimum Gasteiger partial charge on any atom is -0.456 e. The normalized spacial score (nSPS) is 20.1. The maximum atomic E-state index is 13.0. The van der Waals surface area contributed by atoms with Gasteiger partial charge < -0.3 is 14.2 Å². The van der Waals surface area contributed by atoms with E-state index in [4.69, 9.17) is 31.5 Å². The minimum absolute atomic E-state index is 0.243. The first-order valence-electron chi connectivity index (χ1n) is 7.96. The number of nitrogens with zero attached hydrogens (tertiary/aromatic N) is 2. The zero-order valence-corrected chi connectivity index (χ0v) is 15.9. The van der Waals surface area contributed by atoms with Crippen LogP contribution in [0.1, 0.15) is 19.4 Å². The quantitative estimate of drug-likeness (QED) is 0.345. The minimum atomic E-state index is -0.752. The van der Waals surface area contributed by atoms with E-state index in [0.29, 0.717) is 17.5 Å². The van der Waals surface area contributed by atoms with Crippen molar-refractivity contribution in [1.82, 2.24) is 9.97 Å². The van der Waals surface area contributed by atoms with Gasteiger partial charge in [-0.3, -0.25) is 5.73 Å². The fraction of sp³-hybridized carbons (Fsp3) is 0.412. The fourth-order valence-corrected chi connectivity index (χ4v) is 3.35. The van der Waals surface area contributed by atoms with Crippen LogP contribution in [0, 0.1) is 5.82 Å². The van der Waals surface area contributed by atoms with Crippen LogP contribution in [0.4, 0.5) is 4.39 Å². The van der Waals surface area contributed by atoms with Gasteiger partial charge in [-0.1, -0.05) is 35.5 Å². The predicted octanol–water partition coefficient (Wildman–Crippen LogP) is 3.38. The number of hydrogen-bond acceptors (Lipinski definition) is 7. The van der Waals surface area contributed by atoms with Crippen molar-refractivity contribution in [2.24, 2.45) is 5.73 Å². The molecular weight excluding hydrogens is 381 g/mol. The summed E-state index contributed by atoms with van der Waals surface area (Å²) in [5, 5.41) is 0.681. The Hall–Kier alpha value is -1.45. The number of aromatic nitrogens is 2. The monoisotopic (exact) mass is 399 g/mol. The predicted molar refractivity (Wildman–Crippen MR) is 96.5 cm³/mol. The lowest BCUT2D eigenvalue weighted by Crippen LogP contribution is -2.42. The number of ether oxygens (including phenoxy) is 3. The molecule has 2 N–H and O–H groups in total. The van der Waals surface area contributed by atoms with Crippen molar-refractivity contribution < 1.29 is 18.6 Å². The second-order valence-corrected chi connectivity index (χ2v) is 7.51. The van der Waals surface area contributed by atoms with Crippen molar-refractivity contribution in [3.05, 3.63) is 46.9 Å². The number of halogens is 2. The van der Waals surface area contributed by atoms with Crippen LogP contribution in [0.3, 0.4) is 0 Å². The standard InChI is InChI=1S/C17H19ClFN3O3S/c1-17(2)23-8-12(25-17)15(20)24-14-7-13(18)21-16(22-14)26-9-10-3-5-11(19)6-4-10/h3-7,12,15H,8-9,20H2,1-2H3. The highest BCUT2D eigenvalue weighted by atomic mass is 35.5. The van der Waals surface area contributed by atoms with E-state index in [2.05, 4.69) is 9.97 Å². The van der Waals surface area contributed by atoms with Gasteiger partial charge in [0.05, 0.1) is 6.61 Å². The highest BCUT2D eigenvalue weighted by Gasteiger charge is 2.37. The van der Waals surface area contributed by atoms with Crippen LogP contribution in [0.25, 0.3) is 0 Å². The molecule has 0 spiro atoms. The molecule has 0 aliphatic carbocycles. The fourth-order valence-electron chi connectivity index (χ4n) is 2.32. The number of rotatable bonds is 6. The van der Waals surface area contributed by atoms with Gasteiger partial charge >= 0.3 is 0 Å². The Balaban J connectivity index is 1.62. The van der Waals surface area contributed by atoms with Crippen LogP contribution in [0.15, 0.2) is 35.5 Å². The molecule has 0 saturated carbocycles. The van der Waals surface area contributed by atoms with Gasteiger partial charge in [0.15, 0.2) is 17.2 Å². The molecule has 3 rings (SSSR count). The summed E-state index contributed by atoms with van der Waals surface area (Å²) in [6.45, 7) is 3.95. The van der Waals surface area contributed by atoms with Crippen molar-refractivity contribution in [1.29, 1.82) is 0 Å². The lowest BCUT2D eigenvalue weighted by atomic mass is 10.2. The third kappa shape index (κ3) is 5.28. The molecule has 1 saturated heterocycles. The molecule has 0 bridgehead atoms. The highest BCUT2D eigenvalue weighted by Crippen LogP contribution is 2.27. The smallest absolute Gasteiger partial charge is 0.220 e. The van der Waals surface area contributed by atoms with E-state index in [-0.39, 0.29) is 16.9 Å². The van der Waals surface area contributed by atoms with Gasteiger partial charge in [0.25, 0.3) is 0 Å². The molecule has 26 heavy (non-hydrogen) atoms. The molecule has 2 aromatic rings. The van der Waals surface area contributed by atoms with Crippen LogP contribution in [-0.2, 0) is 15.2 Å². The zero-order valence-electron chi connectivity index (χ0n) is 14.3. The van der Waals surface area contributed by atoms with Crippen LogP contribution < -0.4 is 10.5 Å². The van der Waals surface area contributed by atoms with Crippen molar-refractivity contribution in [2.75, 3.05) is 6.61 Å². The number of hydrogen-bond donors (Lipinski definition) is 1. The number of thioether (sulfide) groups is 1. The number of nitrogens with two attached hydrogens (primary N) is 1. The van der Waals surface area contributed by atoms with Gasteiger partial charge in [-0.05, 0) is 31.5 Å². The van der Waals surface area contributed by atoms with Crippen LogP contribution in [0.2, 0.25) is 5.15 Å². The molecule has 2 unspecified atom stereocenters. The lowest BCUT2D eigenvalue weighted by Gasteiger charge is -2.21. The van der Waals surface area contributed by atoms with Gasteiger partial charge in [0.1, 0.15) is 17.1 Å². The first-order chi connectivity index (χ1) is 12.3. The SMILES string of the molecule is CC1(C)OCC(C(N)Oc2cc(Cl)nc(SCc3ccc(F)cc3)n2)O1. The maximum absolute atomic E-state index is 13.0. The summed E-state index contributed by atoms with van der Waals surface area (Å²) in [4.78, 5) is 8.47. The molecular formula is C17H19ClFN3O3S. The molecule has 1 aromatic heterocycles. The second kappa shape index (κ2) is 8.06. The van der Waals surface area contributed by atoms with Gasteiger partial charge in [0.2, 0.25) is 5.88 Å². The largest absolute Gasteiger partial charge is 0.456 e. The van der Waals surface area contributed by atoms with E-state index < -0.39 is 18.1 Å². The summed E-state index contributed by atoms with van der Waals surface area (Å²) in [7, 11) is 0. The molecule has 1 aliphatic rings. The van der Waals surface area contributed by atoms with E-state index in [0.717, 1.165) is 5.56 Å². The van der Waals surface area contributed by atoms with Crippen LogP contribution in [-0.4, -0.2) is 34.7 Å². The van der Waals surface area contributed by atoms with E-state index in [9.17, 15) is 4.39 Å². The Kier molecular flexibility index (Phi) is 5.99. The molecule has 1 aliphatic heterocycles. The van der Waals surface area contributed by atoms with E-state index >= 15 is 0 Å². The van der Waals surface area contributed by atoms with Crippen molar-refractivity contribution in [3.63, 3.8) is 0 Å². The number of benzene rings is 1. The lowest BCUT2D eigenvalue weighted by molar-refractivity contribution is -0.148. The second-order valence-electron chi connectivity index (χ2n) is 6.18. The van der Waals surface area contributed by atoms with Crippen molar-refractivity contribution >= 4 is 23.4 Å². The molecule has 1 fully saturated rings.